The molecular formula is C21H17BrCl2N2O4S. The summed E-state index contributed by atoms with van der Waals surface area (Å²) in [6, 6.07) is 8.73. The lowest BCUT2D eigenvalue weighted by atomic mass is 10.1. The number of ether oxygens (including phenoxy) is 2. The monoisotopic (exact) mass is 542 g/mol. The number of thioether (sulfide) groups is 1. The van der Waals surface area contributed by atoms with E-state index in [0.29, 0.717) is 43.1 Å². The van der Waals surface area contributed by atoms with Gasteiger partial charge in [-0.2, -0.15) is 4.99 Å². The van der Waals surface area contributed by atoms with Crippen molar-refractivity contribution in [2.45, 2.75) is 20.5 Å². The third kappa shape index (κ3) is 6.26. The molecule has 0 atom stereocenters. The molecule has 1 aliphatic rings. The standard InChI is InChI=1S/C21H17BrCl2N2O4S/c1-3-29-17-6-13(7-19-20(28)26-21(31-19)25-11(2)27)15(22)9-18(17)30-10-12-4-5-14(23)8-16(12)24/h4-9H,3,10H2,1-2H3,(H,25,26,27,28). The minimum absolute atomic E-state index is 0.227. The summed E-state index contributed by atoms with van der Waals surface area (Å²) in [4.78, 5) is 27.6. The van der Waals surface area contributed by atoms with Gasteiger partial charge in [-0.25, -0.2) is 0 Å². The normalized spacial score (nSPS) is 14.5. The summed E-state index contributed by atoms with van der Waals surface area (Å²) in [6.45, 7) is 3.88. The number of aliphatic imine (C=N–C) groups is 1. The Hall–Kier alpha value is -2.00. The quantitative estimate of drug-likeness (QED) is 0.463. The van der Waals surface area contributed by atoms with Crippen LogP contribution in [0.4, 0.5) is 0 Å². The van der Waals surface area contributed by atoms with Crippen molar-refractivity contribution in [2.24, 2.45) is 4.99 Å². The van der Waals surface area contributed by atoms with E-state index in [1.54, 1.807) is 36.4 Å². The van der Waals surface area contributed by atoms with E-state index < -0.39 is 5.91 Å². The Kier molecular flexibility index (Phi) is 8.05. The Bertz CT molecular complexity index is 1110. The summed E-state index contributed by atoms with van der Waals surface area (Å²) in [6.07, 6.45) is 1.68. The van der Waals surface area contributed by atoms with Crippen LogP contribution in [-0.4, -0.2) is 23.6 Å². The molecule has 1 N–H and O–H groups in total. The largest absolute Gasteiger partial charge is 0.490 e. The molecule has 1 heterocycles. The zero-order valence-corrected chi connectivity index (χ0v) is 20.4. The number of carbonyl (C=O) groups is 2. The summed E-state index contributed by atoms with van der Waals surface area (Å²) in [5.41, 5.74) is 1.49. The fourth-order valence-corrected chi connectivity index (χ4v) is 4.34. The van der Waals surface area contributed by atoms with E-state index in [-0.39, 0.29) is 17.7 Å². The average molecular weight is 544 g/mol. The van der Waals surface area contributed by atoms with E-state index >= 15 is 0 Å². The fourth-order valence-electron chi connectivity index (χ4n) is 2.59. The minimum atomic E-state index is -0.420. The van der Waals surface area contributed by atoms with Gasteiger partial charge in [0.1, 0.15) is 6.61 Å². The van der Waals surface area contributed by atoms with E-state index in [1.165, 1.54) is 6.92 Å². The number of nitrogens with one attached hydrogen (secondary N) is 1. The van der Waals surface area contributed by atoms with E-state index in [1.807, 2.05) is 6.92 Å². The van der Waals surface area contributed by atoms with E-state index in [2.05, 4.69) is 26.2 Å². The molecule has 2 aromatic carbocycles. The Morgan fingerprint density at radius 2 is 1.97 bits per heavy atom. The Balaban J connectivity index is 1.83. The molecular weight excluding hydrogens is 527 g/mol. The molecule has 0 aromatic heterocycles. The van der Waals surface area contributed by atoms with E-state index in [9.17, 15) is 9.59 Å². The van der Waals surface area contributed by atoms with Crippen molar-refractivity contribution in [3.05, 3.63) is 60.9 Å². The second-order valence-electron chi connectivity index (χ2n) is 6.29. The highest BCUT2D eigenvalue weighted by molar-refractivity contribution is 9.10. The molecule has 3 rings (SSSR count). The number of halogens is 3. The molecule has 6 nitrogen and oxygen atoms in total. The number of carbonyl (C=O) groups excluding carboxylic acids is 2. The van der Waals surface area contributed by atoms with Crippen molar-refractivity contribution >= 4 is 74.0 Å². The van der Waals surface area contributed by atoms with Gasteiger partial charge in [-0.3, -0.25) is 9.59 Å². The molecule has 0 radical (unpaired) electrons. The van der Waals surface area contributed by atoms with Gasteiger partial charge in [0.15, 0.2) is 16.7 Å². The van der Waals surface area contributed by atoms with E-state index in [4.69, 9.17) is 32.7 Å². The minimum Gasteiger partial charge on any atom is -0.490 e. The molecule has 0 unspecified atom stereocenters. The SMILES string of the molecule is CCOc1cc(C=C2SC(NC(C)=O)=NC2=O)c(Br)cc1OCc1ccc(Cl)cc1Cl. The number of hydrogen-bond acceptors (Lipinski definition) is 5. The number of rotatable bonds is 6. The highest BCUT2D eigenvalue weighted by Gasteiger charge is 2.23. The van der Waals surface area contributed by atoms with Gasteiger partial charge < -0.3 is 14.8 Å². The van der Waals surface area contributed by atoms with Crippen LogP contribution in [0.15, 0.2) is 44.7 Å². The van der Waals surface area contributed by atoms with Gasteiger partial charge in [-0.05, 0) is 54.6 Å². The molecule has 31 heavy (non-hydrogen) atoms. The van der Waals surface area contributed by atoms with Crippen molar-refractivity contribution in [1.29, 1.82) is 0 Å². The first-order valence-corrected chi connectivity index (χ1v) is 11.5. The third-order valence-electron chi connectivity index (χ3n) is 3.95. The van der Waals surface area contributed by atoms with Crippen molar-refractivity contribution < 1.29 is 19.1 Å². The molecule has 0 aliphatic carbocycles. The molecule has 0 fully saturated rings. The lowest BCUT2D eigenvalue weighted by molar-refractivity contribution is -0.117. The van der Waals surface area contributed by atoms with Crippen molar-refractivity contribution in [3.63, 3.8) is 0 Å². The summed E-state index contributed by atoms with van der Waals surface area (Å²) in [5, 5.41) is 3.84. The number of amides is 2. The summed E-state index contributed by atoms with van der Waals surface area (Å²) >= 11 is 16.8. The van der Waals surface area contributed by atoms with Gasteiger partial charge in [0.2, 0.25) is 5.91 Å². The van der Waals surface area contributed by atoms with Crippen molar-refractivity contribution in [1.82, 2.24) is 5.32 Å². The summed E-state index contributed by atoms with van der Waals surface area (Å²) in [5.74, 6) is 0.322. The fraction of sp³-hybridized carbons (Fsp3) is 0.190. The predicted molar refractivity (Wildman–Crippen MR) is 128 cm³/mol. The van der Waals surface area contributed by atoms with Crippen LogP contribution < -0.4 is 14.8 Å². The topological polar surface area (TPSA) is 77.0 Å². The molecule has 2 aromatic rings. The number of nitrogens with zero attached hydrogens (tertiary/aromatic N) is 1. The van der Waals surface area contributed by atoms with Crippen LogP contribution in [0.25, 0.3) is 6.08 Å². The van der Waals surface area contributed by atoms with Crippen LogP contribution in [0.2, 0.25) is 10.0 Å². The smallest absolute Gasteiger partial charge is 0.286 e. The van der Waals surface area contributed by atoms with Crippen LogP contribution in [0.5, 0.6) is 11.5 Å². The summed E-state index contributed by atoms with van der Waals surface area (Å²) in [7, 11) is 0. The van der Waals surface area contributed by atoms with Gasteiger partial charge in [0.05, 0.1) is 11.5 Å². The number of hydrogen-bond donors (Lipinski definition) is 1. The first-order chi connectivity index (χ1) is 14.8. The molecule has 0 saturated heterocycles. The van der Waals surface area contributed by atoms with Gasteiger partial charge in [-0.1, -0.05) is 45.2 Å². The molecule has 0 bridgehead atoms. The van der Waals surface area contributed by atoms with Gasteiger partial charge >= 0.3 is 0 Å². The molecule has 0 spiro atoms. The maximum absolute atomic E-state index is 12.2. The average Bonchev–Trinajstić information content (AvgIpc) is 3.02. The lowest BCUT2D eigenvalue weighted by Gasteiger charge is -2.15. The Morgan fingerprint density at radius 1 is 1.23 bits per heavy atom. The van der Waals surface area contributed by atoms with Crippen LogP contribution in [-0.2, 0) is 16.2 Å². The first-order valence-electron chi connectivity index (χ1n) is 9.10. The molecule has 0 saturated carbocycles. The zero-order chi connectivity index (χ0) is 22.5. The molecule has 162 valence electrons. The zero-order valence-electron chi connectivity index (χ0n) is 16.5. The van der Waals surface area contributed by atoms with E-state index in [0.717, 1.165) is 17.3 Å². The second kappa shape index (κ2) is 10.5. The molecule has 10 heteroatoms. The Morgan fingerprint density at radius 3 is 2.65 bits per heavy atom. The maximum Gasteiger partial charge on any atom is 0.286 e. The van der Waals surface area contributed by atoms with Crippen LogP contribution in [0.3, 0.4) is 0 Å². The number of amidine groups is 1. The molecule has 2 amide bonds. The highest BCUT2D eigenvalue weighted by Crippen LogP contribution is 2.37. The Labute approximate surface area is 202 Å². The summed E-state index contributed by atoms with van der Waals surface area (Å²) < 4.78 is 12.4. The second-order valence-corrected chi connectivity index (χ2v) is 9.02. The van der Waals surface area contributed by atoms with Crippen LogP contribution >= 0.6 is 50.9 Å². The third-order valence-corrected chi connectivity index (χ3v) is 6.12. The van der Waals surface area contributed by atoms with Crippen molar-refractivity contribution in [3.8, 4) is 11.5 Å². The maximum atomic E-state index is 12.2. The van der Waals surface area contributed by atoms with Gasteiger partial charge in [-0.15, -0.1) is 0 Å². The number of benzene rings is 2. The van der Waals surface area contributed by atoms with Crippen LogP contribution in [0, 0.1) is 0 Å². The van der Waals surface area contributed by atoms with Crippen LogP contribution in [0.1, 0.15) is 25.0 Å². The van der Waals surface area contributed by atoms with Gasteiger partial charge in [0, 0.05) is 27.0 Å². The van der Waals surface area contributed by atoms with Crippen molar-refractivity contribution in [2.75, 3.05) is 6.61 Å². The molecule has 1 aliphatic heterocycles. The first kappa shape index (κ1) is 23.7. The highest BCUT2D eigenvalue weighted by atomic mass is 79.9. The lowest BCUT2D eigenvalue weighted by Crippen LogP contribution is -2.23. The predicted octanol–water partition coefficient (Wildman–Crippen LogP) is 5.84. The van der Waals surface area contributed by atoms with Gasteiger partial charge in [0.25, 0.3) is 5.91 Å².